The van der Waals surface area contributed by atoms with Gasteiger partial charge < -0.3 is 15.0 Å². The fraction of sp³-hybridized carbons (Fsp3) is 0.692. The van der Waals surface area contributed by atoms with Gasteiger partial charge in [-0.25, -0.2) is 9.97 Å². The average molecular weight is 331 g/mol. The molecular formula is C13H23BrN4O. The molecule has 19 heavy (non-hydrogen) atoms. The molecular weight excluding hydrogens is 308 g/mol. The summed E-state index contributed by atoms with van der Waals surface area (Å²) in [6.07, 6.45) is 0.848. The van der Waals surface area contributed by atoms with E-state index in [1.807, 2.05) is 7.05 Å². The van der Waals surface area contributed by atoms with Crippen molar-refractivity contribution in [2.45, 2.75) is 26.9 Å². The lowest BCUT2D eigenvalue weighted by Crippen LogP contribution is -2.26. The Morgan fingerprint density at radius 2 is 1.95 bits per heavy atom. The van der Waals surface area contributed by atoms with Gasteiger partial charge in [-0.3, -0.25) is 0 Å². The maximum atomic E-state index is 5.17. The Hall–Kier alpha value is -0.720. The minimum absolute atomic E-state index is 0.482. The third-order valence-corrected chi connectivity index (χ3v) is 3.86. The fourth-order valence-electron chi connectivity index (χ4n) is 1.85. The monoisotopic (exact) mass is 330 g/mol. The van der Waals surface area contributed by atoms with Crippen molar-refractivity contribution in [1.29, 1.82) is 0 Å². The van der Waals surface area contributed by atoms with Crippen LogP contribution in [0.1, 0.15) is 25.4 Å². The lowest BCUT2D eigenvalue weighted by Gasteiger charge is -2.18. The first-order valence-electron chi connectivity index (χ1n) is 6.60. The molecule has 0 spiro atoms. The summed E-state index contributed by atoms with van der Waals surface area (Å²) in [6.45, 7) is 7.90. The van der Waals surface area contributed by atoms with Crippen LogP contribution < -0.4 is 5.32 Å². The molecule has 0 saturated heterocycles. The van der Waals surface area contributed by atoms with Crippen LogP contribution in [0, 0.1) is 0 Å². The van der Waals surface area contributed by atoms with E-state index in [9.17, 15) is 0 Å². The van der Waals surface area contributed by atoms with Gasteiger partial charge in [-0.2, -0.15) is 0 Å². The number of hydrogen-bond acceptors (Lipinski definition) is 5. The van der Waals surface area contributed by atoms with Crippen molar-refractivity contribution in [2.24, 2.45) is 0 Å². The summed E-state index contributed by atoms with van der Waals surface area (Å²) >= 11 is 3.51. The lowest BCUT2D eigenvalue weighted by atomic mass is 10.3. The number of ether oxygens (including phenoxy) is 1. The number of halogens is 1. The number of hydrogen-bond donors (Lipinski definition) is 1. The van der Waals surface area contributed by atoms with E-state index in [0.29, 0.717) is 6.61 Å². The number of aromatic nitrogens is 2. The zero-order chi connectivity index (χ0) is 14.3. The second-order valence-electron chi connectivity index (χ2n) is 4.21. The summed E-state index contributed by atoms with van der Waals surface area (Å²) in [5, 5.41) is 3.08. The molecule has 0 atom stereocenters. The van der Waals surface area contributed by atoms with E-state index in [1.54, 1.807) is 7.11 Å². The Morgan fingerprint density at radius 1 is 1.26 bits per heavy atom. The third-order valence-electron chi connectivity index (χ3n) is 3.03. The fourth-order valence-corrected chi connectivity index (χ4v) is 2.34. The lowest BCUT2D eigenvalue weighted by molar-refractivity contribution is 0.180. The van der Waals surface area contributed by atoms with Gasteiger partial charge in [0.2, 0.25) is 0 Å². The molecule has 0 aliphatic carbocycles. The van der Waals surface area contributed by atoms with E-state index in [2.05, 4.69) is 50.0 Å². The van der Waals surface area contributed by atoms with Crippen molar-refractivity contribution in [3.63, 3.8) is 0 Å². The molecule has 0 aromatic carbocycles. The molecule has 0 fully saturated rings. The van der Waals surface area contributed by atoms with Gasteiger partial charge >= 0.3 is 0 Å². The van der Waals surface area contributed by atoms with Crippen LogP contribution in [-0.2, 0) is 17.8 Å². The maximum absolute atomic E-state index is 5.17. The Balaban J connectivity index is 2.85. The van der Waals surface area contributed by atoms with Crippen molar-refractivity contribution in [3.05, 3.63) is 16.0 Å². The molecule has 0 aliphatic rings. The van der Waals surface area contributed by atoms with Crippen LogP contribution in [0.25, 0.3) is 0 Å². The van der Waals surface area contributed by atoms with Crippen LogP contribution in [0.4, 0.5) is 5.82 Å². The van der Waals surface area contributed by atoms with Gasteiger partial charge in [-0.05, 0) is 29.0 Å². The molecule has 5 nitrogen and oxygen atoms in total. The second kappa shape index (κ2) is 8.45. The highest BCUT2D eigenvalue weighted by Gasteiger charge is 2.12. The van der Waals surface area contributed by atoms with Crippen LogP contribution >= 0.6 is 15.9 Å². The molecule has 0 unspecified atom stereocenters. The maximum Gasteiger partial charge on any atom is 0.144 e. The van der Waals surface area contributed by atoms with Crippen molar-refractivity contribution >= 4 is 21.7 Å². The molecule has 1 aromatic heterocycles. The molecule has 1 N–H and O–H groups in total. The van der Waals surface area contributed by atoms with Crippen molar-refractivity contribution in [3.8, 4) is 0 Å². The van der Waals surface area contributed by atoms with E-state index < -0.39 is 0 Å². The summed E-state index contributed by atoms with van der Waals surface area (Å²) in [4.78, 5) is 11.4. The number of likely N-dealkylation sites (N-methyl/N-ethyl adjacent to an activating group) is 1. The topological polar surface area (TPSA) is 50.3 Å². The highest BCUT2D eigenvalue weighted by molar-refractivity contribution is 9.10. The molecule has 0 radical (unpaired) electrons. The largest absolute Gasteiger partial charge is 0.378 e. The number of nitrogens with zero attached hydrogens (tertiary/aromatic N) is 3. The average Bonchev–Trinajstić information content (AvgIpc) is 2.43. The zero-order valence-electron chi connectivity index (χ0n) is 12.2. The molecule has 1 rings (SSSR count). The number of anilines is 1. The molecule has 0 saturated carbocycles. The molecule has 108 valence electrons. The summed E-state index contributed by atoms with van der Waals surface area (Å²) in [5.74, 6) is 1.67. The van der Waals surface area contributed by atoms with Gasteiger partial charge in [-0.1, -0.05) is 13.8 Å². The van der Waals surface area contributed by atoms with Crippen molar-refractivity contribution in [1.82, 2.24) is 14.9 Å². The van der Waals surface area contributed by atoms with E-state index in [4.69, 9.17) is 4.74 Å². The van der Waals surface area contributed by atoms with Crippen molar-refractivity contribution < 1.29 is 4.74 Å². The first-order valence-corrected chi connectivity index (χ1v) is 7.39. The Kier molecular flexibility index (Phi) is 7.27. The summed E-state index contributed by atoms with van der Waals surface area (Å²) in [6, 6.07) is 0. The smallest absolute Gasteiger partial charge is 0.144 e. The SMILES string of the molecule is CCN(CC)CCc1nc(COC)c(Br)c(NC)n1. The van der Waals surface area contributed by atoms with Crippen LogP contribution in [0.2, 0.25) is 0 Å². The zero-order valence-corrected chi connectivity index (χ0v) is 13.7. The van der Waals surface area contributed by atoms with E-state index in [0.717, 1.165) is 47.9 Å². The number of methoxy groups -OCH3 is 1. The van der Waals surface area contributed by atoms with Gasteiger partial charge in [-0.15, -0.1) is 0 Å². The van der Waals surface area contributed by atoms with Crippen molar-refractivity contribution in [2.75, 3.05) is 39.1 Å². The van der Waals surface area contributed by atoms with Crippen LogP contribution in [0.3, 0.4) is 0 Å². The highest BCUT2D eigenvalue weighted by Crippen LogP contribution is 2.24. The summed E-state index contributed by atoms with van der Waals surface area (Å²) in [7, 11) is 3.53. The molecule has 1 heterocycles. The Labute approximate surface area is 123 Å². The minimum Gasteiger partial charge on any atom is -0.378 e. The standard InChI is InChI=1S/C13H23BrN4O/c1-5-18(6-2)8-7-11-16-10(9-19-4)12(14)13(15-3)17-11/h5-9H2,1-4H3,(H,15,16,17). The number of rotatable bonds is 8. The first-order chi connectivity index (χ1) is 9.15. The molecule has 1 aromatic rings. The van der Waals surface area contributed by atoms with E-state index in [1.165, 1.54) is 0 Å². The van der Waals surface area contributed by atoms with Gasteiger partial charge in [0.15, 0.2) is 0 Å². The first kappa shape index (κ1) is 16.3. The summed E-state index contributed by atoms with van der Waals surface area (Å²) in [5.41, 5.74) is 0.886. The Bertz CT molecular complexity index is 396. The summed E-state index contributed by atoms with van der Waals surface area (Å²) < 4.78 is 6.05. The highest BCUT2D eigenvalue weighted by atomic mass is 79.9. The van der Waals surface area contributed by atoms with Crippen LogP contribution in [-0.4, -0.2) is 48.7 Å². The second-order valence-corrected chi connectivity index (χ2v) is 5.00. The Morgan fingerprint density at radius 3 is 2.47 bits per heavy atom. The van der Waals surface area contributed by atoms with E-state index >= 15 is 0 Å². The molecule has 0 aliphatic heterocycles. The predicted octanol–water partition coefficient (Wildman–Crippen LogP) is 2.31. The normalized spacial score (nSPS) is 11.1. The van der Waals surface area contributed by atoms with Gasteiger partial charge in [0.1, 0.15) is 11.6 Å². The molecule has 6 heteroatoms. The number of nitrogens with one attached hydrogen (secondary N) is 1. The van der Waals surface area contributed by atoms with Gasteiger partial charge in [0.25, 0.3) is 0 Å². The molecule has 0 amide bonds. The van der Waals surface area contributed by atoms with Gasteiger partial charge in [0, 0.05) is 27.1 Å². The minimum atomic E-state index is 0.482. The van der Waals surface area contributed by atoms with Crippen LogP contribution in [0.15, 0.2) is 4.47 Å². The molecule has 0 bridgehead atoms. The van der Waals surface area contributed by atoms with Crippen LogP contribution in [0.5, 0.6) is 0 Å². The predicted molar refractivity (Wildman–Crippen MR) is 81.5 cm³/mol. The third kappa shape index (κ3) is 4.71. The van der Waals surface area contributed by atoms with Gasteiger partial charge in [0.05, 0.1) is 16.8 Å². The van der Waals surface area contributed by atoms with E-state index in [-0.39, 0.29) is 0 Å². The quantitative estimate of drug-likeness (QED) is 0.792.